The van der Waals surface area contributed by atoms with Gasteiger partial charge in [-0.05, 0) is 32.9 Å². The predicted octanol–water partition coefficient (Wildman–Crippen LogP) is 1.62. The van der Waals surface area contributed by atoms with Gasteiger partial charge < -0.3 is 9.47 Å². The third kappa shape index (κ3) is 4.78. The number of nitrogens with zero attached hydrogens (tertiary/aromatic N) is 1. The summed E-state index contributed by atoms with van der Waals surface area (Å²) < 4.78 is 33.9. The molecule has 19 heavy (non-hydrogen) atoms. The summed E-state index contributed by atoms with van der Waals surface area (Å²) in [5.41, 5.74) is 0.978. The standard InChI is InChI=1S/C12H18N2O4S/c1-4-17-12(18-5-2)13-14-19(15,16)11-8-6-10(3)7-9-11/h6-9,14H,4-5H2,1-3H3. The largest absolute Gasteiger partial charge is 0.450 e. The van der Waals surface area contributed by atoms with Crippen molar-refractivity contribution in [1.29, 1.82) is 0 Å². The Kier molecular flexibility index (Phi) is 5.62. The van der Waals surface area contributed by atoms with Crippen LogP contribution in [0.25, 0.3) is 0 Å². The fraction of sp³-hybridized carbons (Fsp3) is 0.417. The fourth-order valence-electron chi connectivity index (χ4n) is 1.22. The Hall–Kier alpha value is -1.76. The molecule has 0 radical (unpaired) electrons. The average Bonchev–Trinajstić information content (AvgIpc) is 2.37. The zero-order valence-corrected chi connectivity index (χ0v) is 12.0. The third-order valence-electron chi connectivity index (χ3n) is 2.12. The molecule has 0 aliphatic heterocycles. The molecule has 0 aliphatic rings. The highest BCUT2D eigenvalue weighted by atomic mass is 32.2. The van der Waals surface area contributed by atoms with Gasteiger partial charge >= 0.3 is 6.08 Å². The van der Waals surface area contributed by atoms with E-state index in [-0.39, 0.29) is 11.0 Å². The molecular formula is C12H18N2O4S. The number of sulfonamides is 1. The van der Waals surface area contributed by atoms with E-state index in [4.69, 9.17) is 9.47 Å². The monoisotopic (exact) mass is 286 g/mol. The van der Waals surface area contributed by atoms with Crippen molar-refractivity contribution < 1.29 is 17.9 Å². The van der Waals surface area contributed by atoms with Gasteiger partial charge in [-0.3, -0.25) is 0 Å². The maximum Gasteiger partial charge on any atom is 0.406 e. The molecule has 0 aliphatic carbocycles. The van der Waals surface area contributed by atoms with E-state index in [1.165, 1.54) is 12.1 Å². The highest BCUT2D eigenvalue weighted by Gasteiger charge is 2.13. The molecule has 0 spiro atoms. The lowest BCUT2D eigenvalue weighted by atomic mass is 10.2. The molecule has 0 bridgehead atoms. The lowest BCUT2D eigenvalue weighted by Crippen LogP contribution is -2.22. The van der Waals surface area contributed by atoms with E-state index in [1.54, 1.807) is 26.0 Å². The van der Waals surface area contributed by atoms with Crippen molar-refractivity contribution in [1.82, 2.24) is 4.83 Å². The summed E-state index contributed by atoms with van der Waals surface area (Å²) in [5, 5.41) is 3.61. The minimum Gasteiger partial charge on any atom is -0.450 e. The zero-order chi connectivity index (χ0) is 14.3. The van der Waals surface area contributed by atoms with E-state index in [1.807, 2.05) is 6.92 Å². The van der Waals surface area contributed by atoms with Gasteiger partial charge in [-0.15, -0.1) is 0 Å². The molecule has 7 heteroatoms. The van der Waals surface area contributed by atoms with E-state index in [0.717, 1.165) is 5.56 Å². The van der Waals surface area contributed by atoms with Gasteiger partial charge in [0.25, 0.3) is 10.0 Å². The number of hydrazone groups is 1. The molecule has 1 aromatic rings. The summed E-state index contributed by atoms with van der Waals surface area (Å²) in [6.07, 6.45) is -0.0966. The van der Waals surface area contributed by atoms with Crippen LogP contribution < -0.4 is 4.83 Å². The topological polar surface area (TPSA) is 77.0 Å². The van der Waals surface area contributed by atoms with Crippen LogP contribution in [0.3, 0.4) is 0 Å². The zero-order valence-electron chi connectivity index (χ0n) is 11.2. The molecule has 6 nitrogen and oxygen atoms in total. The van der Waals surface area contributed by atoms with Crippen molar-refractivity contribution in [2.24, 2.45) is 5.10 Å². The van der Waals surface area contributed by atoms with Crippen molar-refractivity contribution in [3.63, 3.8) is 0 Å². The first-order valence-electron chi connectivity index (χ1n) is 5.91. The summed E-state index contributed by atoms with van der Waals surface area (Å²) in [6.45, 7) is 6.06. The maximum absolute atomic E-state index is 11.9. The van der Waals surface area contributed by atoms with Crippen molar-refractivity contribution in [2.45, 2.75) is 25.7 Å². The first kappa shape index (κ1) is 15.3. The summed E-state index contributed by atoms with van der Waals surface area (Å²) in [4.78, 5) is 2.21. The van der Waals surface area contributed by atoms with E-state index < -0.39 is 10.0 Å². The minimum absolute atomic E-state index is 0.0966. The van der Waals surface area contributed by atoms with Crippen LogP contribution in [0.1, 0.15) is 19.4 Å². The van der Waals surface area contributed by atoms with Gasteiger partial charge in [-0.2, -0.15) is 13.2 Å². The second kappa shape index (κ2) is 6.98. The molecule has 0 saturated carbocycles. The Morgan fingerprint density at radius 3 is 2.16 bits per heavy atom. The number of benzene rings is 1. The molecule has 106 valence electrons. The number of aryl methyl sites for hydroxylation is 1. The van der Waals surface area contributed by atoms with Crippen LogP contribution >= 0.6 is 0 Å². The Balaban J connectivity index is 2.84. The molecule has 0 unspecified atom stereocenters. The van der Waals surface area contributed by atoms with Crippen LogP contribution in [0.4, 0.5) is 0 Å². The van der Waals surface area contributed by atoms with Gasteiger partial charge in [-0.25, -0.2) is 0 Å². The number of hydrogen-bond acceptors (Lipinski definition) is 5. The highest BCUT2D eigenvalue weighted by Crippen LogP contribution is 2.09. The second-order valence-corrected chi connectivity index (χ2v) is 5.31. The Labute approximate surface area is 113 Å². The van der Waals surface area contributed by atoms with Crippen LogP contribution in [0.5, 0.6) is 0 Å². The van der Waals surface area contributed by atoms with Gasteiger partial charge in [-0.1, -0.05) is 22.8 Å². The van der Waals surface area contributed by atoms with Crippen LogP contribution in [-0.4, -0.2) is 27.7 Å². The molecule has 0 amide bonds. The third-order valence-corrected chi connectivity index (χ3v) is 3.35. The molecule has 0 heterocycles. The molecule has 0 fully saturated rings. The van der Waals surface area contributed by atoms with E-state index in [9.17, 15) is 8.42 Å². The van der Waals surface area contributed by atoms with Crippen LogP contribution in [0.15, 0.2) is 34.3 Å². The Bertz CT molecular complexity index is 515. The number of nitrogens with one attached hydrogen (secondary N) is 1. The van der Waals surface area contributed by atoms with Gasteiger partial charge in [0.05, 0.1) is 18.1 Å². The fourth-order valence-corrected chi connectivity index (χ4v) is 2.02. The first-order valence-corrected chi connectivity index (χ1v) is 7.39. The molecular weight excluding hydrogens is 268 g/mol. The first-order chi connectivity index (χ1) is 8.99. The number of ether oxygens (including phenoxy) is 2. The molecule has 0 atom stereocenters. The lowest BCUT2D eigenvalue weighted by Gasteiger charge is -2.08. The Morgan fingerprint density at radius 1 is 1.16 bits per heavy atom. The summed E-state index contributed by atoms with van der Waals surface area (Å²) >= 11 is 0. The van der Waals surface area contributed by atoms with Gasteiger partial charge in [0.1, 0.15) is 0 Å². The molecule has 0 aromatic heterocycles. The summed E-state index contributed by atoms with van der Waals surface area (Å²) in [7, 11) is -3.71. The number of hydrogen-bond donors (Lipinski definition) is 1. The quantitative estimate of drug-likeness (QED) is 0.507. The van der Waals surface area contributed by atoms with Crippen LogP contribution in [0, 0.1) is 6.92 Å². The molecule has 1 N–H and O–H groups in total. The van der Waals surface area contributed by atoms with Crippen LogP contribution in [-0.2, 0) is 19.5 Å². The Morgan fingerprint density at radius 2 is 1.68 bits per heavy atom. The van der Waals surface area contributed by atoms with Crippen molar-refractivity contribution in [3.05, 3.63) is 29.8 Å². The predicted molar refractivity (Wildman–Crippen MR) is 72.2 cm³/mol. The average molecular weight is 286 g/mol. The summed E-state index contributed by atoms with van der Waals surface area (Å²) in [5.74, 6) is 0. The highest BCUT2D eigenvalue weighted by molar-refractivity contribution is 7.89. The van der Waals surface area contributed by atoms with Crippen molar-refractivity contribution >= 4 is 16.1 Å². The van der Waals surface area contributed by atoms with E-state index in [0.29, 0.717) is 13.2 Å². The minimum atomic E-state index is -3.71. The summed E-state index contributed by atoms with van der Waals surface area (Å²) in [6, 6.07) is 6.44. The number of rotatable bonds is 5. The van der Waals surface area contributed by atoms with E-state index >= 15 is 0 Å². The maximum atomic E-state index is 11.9. The van der Waals surface area contributed by atoms with Gasteiger partial charge in [0, 0.05) is 0 Å². The smallest absolute Gasteiger partial charge is 0.406 e. The molecule has 1 aromatic carbocycles. The van der Waals surface area contributed by atoms with E-state index in [2.05, 4.69) is 9.93 Å². The van der Waals surface area contributed by atoms with Crippen molar-refractivity contribution in [2.75, 3.05) is 13.2 Å². The van der Waals surface area contributed by atoms with Gasteiger partial charge in [0.2, 0.25) is 0 Å². The molecule has 0 saturated heterocycles. The van der Waals surface area contributed by atoms with Gasteiger partial charge in [0.15, 0.2) is 0 Å². The van der Waals surface area contributed by atoms with Crippen LogP contribution in [0.2, 0.25) is 0 Å². The molecule has 1 rings (SSSR count). The lowest BCUT2D eigenvalue weighted by molar-refractivity contribution is 0.179. The normalized spacial score (nSPS) is 10.7. The van der Waals surface area contributed by atoms with Crippen molar-refractivity contribution in [3.8, 4) is 0 Å². The second-order valence-electron chi connectivity index (χ2n) is 3.65. The SMILES string of the molecule is CCOC(=NNS(=O)(=O)c1ccc(C)cc1)OCC.